The molecule has 4 heteroatoms. The van der Waals surface area contributed by atoms with Gasteiger partial charge in [-0.05, 0) is 31.2 Å². The summed E-state index contributed by atoms with van der Waals surface area (Å²) in [6.45, 7) is 12.4. The van der Waals surface area contributed by atoms with Crippen LogP contribution in [0.4, 0.5) is 0 Å². The SMILES string of the molecule is CC(C)CN1CCN(C(=O)CCC(C)CCN)CC1. The highest BCUT2D eigenvalue weighted by molar-refractivity contribution is 5.76. The smallest absolute Gasteiger partial charge is 0.222 e. The number of nitrogens with zero attached hydrogens (tertiary/aromatic N) is 2. The molecule has 1 atom stereocenters. The molecule has 1 saturated heterocycles. The first-order valence-electron chi connectivity index (χ1n) is 7.73. The van der Waals surface area contributed by atoms with E-state index in [0.29, 0.717) is 24.2 Å². The molecule has 0 aromatic carbocycles. The molecule has 0 aromatic rings. The highest BCUT2D eigenvalue weighted by atomic mass is 16.2. The zero-order valence-electron chi connectivity index (χ0n) is 12.9. The highest BCUT2D eigenvalue weighted by Gasteiger charge is 2.21. The number of hydrogen-bond donors (Lipinski definition) is 1. The fourth-order valence-electron chi connectivity index (χ4n) is 2.65. The van der Waals surface area contributed by atoms with Crippen molar-refractivity contribution in [2.75, 3.05) is 39.3 Å². The number of piperazine rings is 1. The number of carbonyl (C=O) groups is 1. The summed E-state index contributed by atoms with van der Waals surface area (Å²) in [4.78, 5) is 16.6. The number of nitrogens with two attached hydrogens (primary N) is 1. The van der Waals surface area contributed by atoms with Gasteiger partial charge < -0.3 is 10.6 Å². The molecule has 0 aromatic heterocycles. The monoisotopic (exact) mass is 269 g/mol. The molecule has 1 rings (SSSR count). The van der Waals surface area contributed by atoms with Crippen LogP contribution in [0.25, 0.3) is 0 Å². The lowest BCUT2D eigenvalue weighted by Crippen LogP contribution is -2.49. The molecule has 2 N–H and O–H groups in total. The maximum Gasteiger partial charge on any atom is 0.222 e. The molecule has 1 aliphatic rings. The van der Waals surface area contributed by atoms with Crippen molar-refractivity contribution in [1.29, 1.82) is 0 Å². The van der Waals surface area contributed by atoms with Crippen molar-refractivity contribution in [1.82, 2.24) is 9.80 Å². The van der Waals surface area contributed by atoms with E-state index in [-0.39, 0.29) is 0 Å². The molecule has 1 amide bonds. The van der Waals surface area contributed by atoms with E-state index < -0.39 is 0 Å². The van der Waals surface area contributed by atoms with Crippen LogP contribution in [0, 0.1) is 11.8 Å². The second kappa shape index (κ2) is 8.54. The van der Waals surface area contributed by atoms with Crippen LogP contribution in [0.1, 0.15) is 40.0 Å². The van der Waals surface area contributed by atoms with E-state index in [0.717, 1.165) is 52.1 Å². The minimum Gasteiger partial charge on any atom is -0.340 e. The fraction of sp³-hybridized carbons (Fsp3) is 0.933. The van der Waals surface area contributed by atoms with E-state index in [2.05, 4.69) is 25.7 Å². The summed E-state index contributed by atoms with van der Waals surface area (Å²) in [5, 5.41) is 0. The number of carbonyl (C=O) groups excluding carboxylic acids is 1. The van der Waals surface area contributed by atoms with Crippen molar-refractivity contribution in [3.8, 4) is 0 Å². The lowest BCUT2D eigenvalue weighted by atomic mass is 10.0. The van der Waals surface area contributed by atoms with Crippen LogP contribution in [0.15, 0.2) is 0 Å². The Balaban J connectivity index is 2.21. The third-order valence-corrected chi connectivity index (χ3v) is 3.86. The van der Waals surface area contributed by atoms with Crippen molar-refractivity contribution in [2.45, 2.75) is 40.0 Å². The molecule has 1 unspecified atom stereocenters. The van der Waals surface area contributed by atoms with Gasteiger partial charge in [-0.3, -0.25) is 9.69 Å². The van der Waals surface area contributed by atoms with Crippen LogP contribution >= 0.6 is 0 Å². The molecule has 112 valence electrons. The highest BCUT2D eigenvalue weighted by Crippen LogP contribution is 2.12. The summed E-state index contributed by atoms with van der Waals surface area (Å²) in [6, 6.07) is 0. The Hall–Kier alpha value is -0.610. The molecular weight excluding hydrogens is 238 g/mol. The van der Waals surface area contributed by atoms with E-state index in [1.807, 2.05) is 4.90 Å². The minimum absolute atomic E-state index is 0.327. The van der Waals surface area contributed by atoms with Crippen molar-refractivity contribution >= 4 is 5.91 Å². The van der Waals surface area contributed by atoms with Crippen molar-refractivity contribution in [3.63, 3.8) is 0 Å². The third kappa shape index (κ3) is 6.39. The van der Waals surface area contributed by atoms with Gasteiger partial charge in [0.05, 0.1) is 0 Å². The van der Waals surface area contributed by atoms with Gasteiger partial charge in [0.15, 0.2) is 0 Å². The molecule has 0 bridgehead atoms. The maximum atomic E-state index is 12.1. The Morgan fingerprint density at radius 2 is 1.74 bits per heavy atom. The Morgan fingerprint density at radius 3 is 2.26 bits per heavy atom. The summed E-state index contributed by atoms with van der Waals surface area (Å²) in [7, 11) is 0. The lowest BCUT2D eigenvalue weighted by Gasteiger charge is -2.35. The molecule has 0 spiro atoms. The van der Waals surface area contributed by atoms with Crippen LogP contribution < -0.4 is 5.73 Å². The van der Waals surface area contributed by atoms with E-state index in [1.54, 1.807) is 0 Å². The Bertz CT molecular complexity index is 260. The molecular formula is C15H31N3O. The van der Waals surface area contributed by atoms with Crippen molar-refractivity contribution in [2.24, 2.45) is 17.6 Å². The number of amides is 1. The Morgan fingerprint density at radius 1 is 1.11 bits per heavy atom. The van der Waals surface area contributed by atoms with Crippen molar-refractivity contribution in [3.05, 3.63) is 0 Å². The van der Waals surface area contributed by atoms with Gasteiger partial charge in [0.25, 0.3) is 0 Å². The molecule has 0 saturated carbocycles. The zero-order chi connectivity index (χ0) is 14.3. The van der Waals surface area contributed by atoms with Gasteiger partial charge in [0, 0.05) is 39.1 Å². The first-order chi connectivity index (χ1) is 9.02. The average molecular weight is 269 g/mol. The number of hydrogen-bond acceptors (Lipinski definition) is 3. The molecule has 1 aliphatic heterocycles. The summed E-state index contributed by atoms with van der Waals surface area (Å²) < 4.78 is 0. The molecule has 19 heavy (non-hydrogen) atoms. The van der Waals surface area contributed by atoms with Crippen LogP contribution in [0.5, 0.6) is 0 Å². The van der Waals surface area contributed by atoms with Gasteiger partial charge >= 0.3 is 0 Å². The molecule has 1 fully saturated rings. The van der Waals surface area contributed by atoms with E-state index in [1.165, 1.54) is 0 Å². The van der Waals surface area contributed by atoms with Gasteiger partial charge in [-0.1, -0.05) is 20.8 Å². The van der Waals surface area contributed by atoms with Gasteiger partial charge in [0.1, 0.15) is 0 Å². The summed E-state index contributed by atoms with van der Waals surface area (Å²) in [5.74, 6) is 1.60. The quantitative estimate of drug-likeness (QED) is 0.763. The molecule has 0 aliphatic carbocycles. The predicted molar refractivity (Wildman–Crippen MR) is 79.9 cm³/mol. The predicted octanol–water partition coefficient (Wildman–Crippen LogP) is 1.55. The van der Waals surface area contributed by atoms with E-state index in [9.17, 15) is 4.79 Å². The summed E-state index contributed by atoms with van der Waals surface area (Å²) in [6.07, 6.45) is 2.68. The largest absolute Gasteiger partial charge is 0.340 e. The topological polar surface area (TPSA) is 49.6 Å². The second-order valence-corrected chi connectivity index (χ2v) is 6.30. The molecule has 4 nitrogen and oxygen atoms in total. The Labute approximate surface area is 118 Å². The van der Waals surface area contributed by atoms with Crippen molar-refractivity contribution < 1.29 is 4.79 Å². The molecule has 1 heterocycles. The zero-order valence-corrected chi connectivity index (χ0v) is 12.9. The van der Waals surface area contributed by atoms with E-state index in [4.69, 9.17) is 5.73 Å². The van der Waals surface area contributed by atoms with E-state index >= 15 is 0 Å². The van der Waals surface area contributed by atoms with Gasteiger partial charge in [-0.2, -0.15) is 0 Å². The standard InChI is InChI=1S/C15H31N3O/c1-13(2)12-17-8-10-18(11-9-17)15(19)5-4-14(3)6-7-16/h13-14H,4-12,16H2,1-3H3. The van der Waals surface area contributed by atoms with Gasteiger partial charge in [0.2, 0.25) is 5.91 Å². The third-order valence-electron chi connectivity index (χ3n) is 3.86. The summed E-state index contributed by atoms with van der Waals surface area (Å²) >= 11 is 0. The van der Waals surface area contributed by atoms with Gasteiger partial charge in [-0.15, -0.1) is 0 Å². The first-order valence-corrected chi connectivity index (χ1v) is 7.73. The molecule has 0 radical (unpaired) electrons. The summed E-state index contributed by atoms with van der Waals surface area (Å²) in [5.41, 5.74) is 5.53. The van der Waals surface area contributed by atoms with Crippen LogP contribution in [0.3, 0.4) is 0 Å². The minimum atomic E-state index is 0.327. The second-order valence-electron chi connectivity index (χ2n) is 6.30. The van der Waals surface area contributed by atoms with Crippen LogP contribution in [0.2, 0.25) is 0 Å². The van der Waals surface area contributed by atoms with Gasteiger partial charge in [-0.25, -0.2) is 0 Å². The normalized spacial score (nSPS) is 18.9. The van der Waals surface area contributed by atoms with Crippen LogP contribution in [-0.2, 0) is 4.79 Å². The maximum absolute atomic E-state index is 12.1. The fourth-order valence-corrected chi connectivity index (χ4v) is 2.65. The van der Waals surface area contributed by atoms with Crippen LogP contribution in [-0.4, -0.2) is 55.0 Å². The first kappa shape index (κ1) is 16.4. The average Bonchev–Trinajstić information content (AvgIpc) is 2.36. The lowest BCUT2D eigenvalue weighted by molar-refractivity contribution is -0.133. The number of rotatable bonds is 7. The Kier molecular flexibility index (Phi) is 7.39.